The molecule has 0 saturated carbocycles. The lowest BCUT2D eigenvalue weighted by Crippen LogP contribution is -1.99. The molecule has 0 N–H and O–H groups in total. The van der Waals surface area contributed by atoms with Crippen molar-refractivity contribution in [2.24, 2.45) is 0 Å². The maximum atomic E-state index is 14.6. The van der Waals surface area contributed by atoms with E-state index >= 15 is 0 Å². The molecule has 0 bridgehead atoms. The van der Waals surface area contributed by atoms with E-state index in [9.17, 15) is 13.2 Å². The van der Waals surface area contributed by atoms with Crippen molar-refractivity contribution in [2.75, 3.05) is 13.2 Å². The Labute approximate surface area is 155 Å². The van der Waals surface area contributed by atoms with Crippen LogP contribution in [-0.4, -0.2) is 13.2 Å². The largest absolute Gasteiger partial charge is 0.490 e. The summed E-state index contributed by atoms with van der Waals surface area (Å²) in [4.78, 5) is 0. The molecule has 0 saturated heterocycles. The second-order valence-electron chi connectivity index (χ2n) is 5.75. The maximum absolute atomic E-state index is 14.6. The number of halogens is 3. The highest BCUT2D eigenvalue weighted by molar-refractivity contribution is 5.90. The molecule has 0 radical (unpaired) electrons. The van der Waals surface area contributed by atoms with Crippen LogP contribution < -0.4 is 9.47 Å². The minimum absolute atomic E-state index is 0.0365. The molecule has 2 nitrogen and oxygen atoms in total. The van der Waals surface area contributed by atoms with Crippen molar-refractivity contribution in [3.63, 3.8) is 0 Å². The minimum Gasteiger partial charge on any atom is -0.490 e. The van der Waals surface area contributed by atoms with Crippen molar-refractivity contribution in [3.05, 3.63) is 85.2 Å². The van der Waals surface area contributed by atoms with Gasteiger partial charge in [-0.05, 0) is 35.2 Å². The van der Waals surface area contributed by atoms with Crippen LogP contribution in [0.15, 0.2) is 67.8 Å². The molecule has 0 aliphatic heterocycles. The lowest BCUT2D eigenvalue weighted by atomic mass is 9.99. The smallest absolute Gasteiger partial charge is 0.175 e. The number of rotatable bonds is 7. The van der Waals surface area contributed by atoms with Gasteiger partial charge in [0.15, 0.2) is 23.2 Å². The molecule has 3 aromatic rings. The number of fused-ring (bicyclic) bond motifs is 1. The van der Waals surface area contributed by atoms with Crippen molar-refractivity contribution in [2.45, 2.75) is 0 Å². The molecule has 0 fully saturated rings. The molecular weight excluding hydrogens is 353 g/mol. The van der Waals surface area contributed by atoms with Gasteiger partial charge in [0.2, 0.25) is 0 Å². The number of hydrogen-bond acceptors (Lipinski definition) is 2. The van der Waals surface area contributed by atoms with Crippen molar-refractivity contribution >= 4 is 10.8 Å². The van der Waals surface area contributed by atoms with Crippen LogP contribution in [0.4, 0.5) is 13.2 Å². The van der Waals surface area contributed by atoms with E-state index in [-0.39, 0.29) is 23.3 Å². The average molecular weight is 370 g/mol. The molecule has 27 heavy (non-hydrogen) atoms. The number of ether oxygens (including phenoxy) is 2. The van der Waals surface area contributed by atoms with Crippen LogP contribution >= 0.6 is 0 Å². The van der Waals surface area contributed by atoms with E-state index < -0.39 is 22.8 Å². The van der Waals surface area contributed by atoms with Crippen molar-refractivity contribution in [1.29, 1.82) is 0 Å². The summed E-state index contributed by atoms with van der Waals surface area (Å²) in [7, 11) is 0. The van der Waals surface area contributed by atoms with Gasteiger partial charge in [-0.3, -0.25) is 0 Å². The minimum atomic E-state index is -1.25. The molecule has 5 heteroatoms. The fourth-order valence-electron chi connectivity index (χ4n) is 2.72. The topological polar surface area (TPSA) is 18.5 Å². The molecule has 0 atom stereocenters. The summed E-state index contributed by atoms with van der Waals surface area (Å²) < 4.78 is 54.3. The van der Waals surface area contributed by atoms with Crippen molar-refractivity contribution in [3.8, 4) is 22.6 Å². The summed E-state index contributed by atoms with van der Waals surface area (Å²) in [6, 6.07) is 10.8. The summed E-state index contributed by atoms with van der Waals surface area (Å²) in [5.74, 6) is -2.89. The van der Waals surface area contributed by atoms with Crippen molar-refractivity contribution < 1.29 is 22.6 Å². The van der Waals surface area contributed by atoms with Crippen LogP contribution in [0.2, 0.25) is 0 Å². The van der Waals surface area contributed by atoms with Crippen LogP contribution in [-0.2, 0) is 0 Å². The Balaban J connectivity index is 2.06. The predicted molar refractivity (Wildman–Crippen MR) is 101 cm³/mol. The molecule has 0 spiro atoms. The Morgan fingerprint density at radius 2 is 1.44 bits per heavy atom. The normalized spacial score (nSPS) is 10.6. The Kier molecular flexibility index (Phi) is 5.50. The fourth-order valence-corrected chi connectivity index (χ4v) is 2.72. The summed E-state index contributed by atoms with van der Waals surface area (Å²) >= 11 is 0. The Hall–Kier alpha value is -3.21. The molecule has 3 rings (SSSR count). The van der Waals surface area contributed by atoms with Crippen molar-refractivity contribution in [1.82, 2.24) is 0 Å². The van der Waals surface area contributed by atoms with Gasteiger partial charge in [0.25, 0.3) is 0 Å². The molecular formula is C22H17F3O2. The van der Waals surface area contributed by atoms with Gasteiger partial charge in [-0.25, -0.2) is 13.2 Å². The van der Waals surface area contributed by atoms with Gasteiger partial charge in [0.1, 0.15) is 19.0 Å². The van der Waals surface area contributed by atoms with E-state index in [0.29, 0.717) is 17.9 Å². The zero-order valence-corrected chi connectivity index (χ0v) is 14.5. The first kappa shape index (κ1) is 18.6. The Morgan fingerprint density at radius 1 is 0.778 bits per heavy atom. The summed E-state index contributed by atoms with van der Waals surface area (Å²) in [5.41, 5.74) is 0.487. The van der Waals surface area contributed by atoms with Crippen LogP contribution in [0.1, 0.15) is 0 Å². The zero-order valence-electron chi connectivity index (χ0n) is 14.5. The van der Waals surface area contributed by atoms with Gasteiger partial charge >= 0.3 is 0 Å². The summed E-state index contributed by atoms with van der Waals surface area (Å²) in [5, 5.41) is -0.205. The van der Waals surface area contributed by atoms with Gasteiger partial charge in [-0.1, -0.05) is 43.5 Å². The number of hydrogen-bond donors (Lipinski definition) is 0. The Bertz CT molecular complexity index is 995. The first-order valence-corrected chi connectivity index (χ1v) is 8.24. The first-order valence-electron chi connectivity index (χ1n) is 8.24. The zero-order chi connectivity index (χ0) is 19.4. The highest BCUT2D eigenvalue weighted by atomic mass is 19.2. The molecule has 138 valence electrons. The molecule has 3 aromatic carbocycles. The van der Waals surface area contributed by atoms with Crippen LogP contribution in [0.3, 0.4) is 0 Å². The SMILES string of the molecule is C=CCOc1ccc(-c2cc3ccc(OCC=C)c(F)c3c(F)c2F)cc1. The number of benzene rings is 3. The van der Waals surface area contributed by atoms with Gasteiger partial charge in [-0.15, -0.1) is 0 Å². The fraction of sp³-hybridized carbons (Fsp3) is 0.0909. The van der Waals surface area contributed by atoms with Gasteiger partial charge < -0.3 is 9.47 Å². The second kappa shape index (κ2) is 7.99. The molecule has 0 aliphatic rings. The third-order valence-electron chi connectivity index (χ3n) is 3.98. The van der Waals surface area contributed by atoms with E-state index in [1.165, 1.54) is 24.3 Å². The van der Waals surface area contributed by atoms with E-state index in [4.69, 9.17) is 9.47 Å². The van der Waals surface area contributed by atoms with E-state index in [1.54, 1.807) is 30.3 Å². The molecule has 0 heterocycles. The summed E-state index contributed by atoms with van der Waals surface area (Å²) in [6.45, 7) is 7.43. The molecule has 0 unspecified atom stereocenters. The standard InChI is InChI=1S/C22H17F3O2/c1-3-11-26-16-8-5-14(6-9-16)17-13-15-7-10-18(27-12-4-2)21(24)19(15)22(25)20(17)23/h3-10,13H,1-2,11-12H2. The van der Waals surface area contributed by atoms with E-state index in [0.717, 1.165) is 0 Å². The third-order valence-corrected chi connectivity index (χ3v) is 3.98. The van der Waals surface area contributed by atoms with E-state index in [1.807, 2.05) is 0 Å². The lowest BCUT2D eigenvalue weighted by molar-refractivity contribution is 0.343. The maximum Gasteiger partial charge on any atom is 0.175 e. The van der Waals surface area contributed by atoms with Gasteiger partial charge in [0, 0.05) is 5.56 Å². The highest BCUT2D eigenvalue weighted by Crippen LogP contribution is 2.35. The quantitative estimate of drug-likeness (QED) is 0.471. The summed E-state index contributed by atoms with van der Waals surface area (Å²) in [6.07, 6.45) is 3.04. The van der Waals surface area contributed by atoms with Gasteiger partial charge in [-0.2, -0.15) is 0 Å². The average Bonchev–Trinajstić information content (AvgIpc) is 2.69. The molecule has 0 aromatic heterocycles. The van der Waals surface area contributed by atoms with E-state index in [2.05, 4.69) is 13.2 Å². The van der Waals surface area contributed by atoms with Crippen LogP contribution in [0.25, 0.3) is 21.9 Å². The van der Waals surface area contributed by atoms with Crippen LogP contribution in [0, 0.1) is 17.5 Å². The second-order valence-corrected chi connectivity index (χ2v) is 5.75. The van der Waals surface area contributed by atoms with Gasteiger partial charge in [0.05, 0.1) is 5.39 Å². The third kappa shape index (κ3) is 3.67. The lowest BCUT2D eigenvalue weighted by Gasteiger charge is -2.12. The molecule has 0 aliphatic carbocycles. The monoisotopic (exact) mass is 370 g/mol. The Morgan fingerprint density at radius 3 is 2.11 bits per heavy atom. The molecule has 0 amide bonds. The highest BCUT2D eigenvalue weighted by Gasteiger charge is 2.20. The van der Waals surface area contributed by atoms with Crippen LogP contribution in [0.5, 0.6) is 11.5 Å². The first-order chi connectivity index (χ1) is 13.1. The predicted octanol–water partition coefficient (Wildman–Crippen LogP) is 6.05.